The Labute approximate surface area is 197 Å². The van der Waals surface area contributed by atoms with E-state index in [1.165, 1.54) is 0 Å². The first-order valence-electron chi connectivity index (χ1n) is 10.5. The highest BCUT2D eigenvalue weighted by atomic mass is 79.9. The average Bonchev–Trinajstić information content (AvgIpc) is 3.27. The van der Waals surface area contributed by atoms with Crippen molar-refractivity contribution in [3.63, 3.8) is 0 Å². The van der Waals surface area contributed by atoms with Crippen LogP contribution in [-0.2, 0) is 13.2 Å². The summed E-state index contributed by atoms with van der Waals surface area (Å²) in [5.74, 6) is 1.05. The van der Waals surface area contributed by atoms with Crippen LogP contribution in [0.2, 0.25) is 0 Å². The smallest absolute Gasteiger partial charge is 0.241 e. The zero-order chi connectivity index (χ0) is 22.3. The number of nitrogens with zero attached hydrogens (tertiary/aromatic N) is 2. The van der Waals surface area contributed by atoms with E-state index in [1.807, 2.05) is 78.9 Å². The van der Waals surface area contributed by atoms with E-state index in [9.17, 15) is 0 Å². The van der Waals surface area contributed by atoms with Gasteiger partial charge in [0.05, 0.1) is 0 Å². The van der Waals surface area contributed by atoms with Crippen molar-refractivity contribution in [3.05, 3.63) is 119 Å². The van der Waals surface area contributed by atoms with Gasteiger partial charge in [-0.3, -0.25) is 0 Å². The van der Waals surface area contributed by atoms with Gasteiger partial charge in [-0.15, -0.1) is 0 Å². The molecule has 4 rings (SSSR count). The maximum atomic E-state index is 6.19. The van der Waals surface area contributed by atoms with Gasteiger partial charge in [-0.1, -0.05) is 89.8 Å². The zero-order valence-corrected chi connectivity index (χ0v) is 19.4. The predicted molar refractivity (Wildman–Crippen MR) is 133 cm³/mol. The number of hydrogen-bond donors (Lipinski definition) is 0. The first kappa shape index (κ1) is 21.9. The lowest BCUT2D eigenvalue weighted by atomic mass is 10.2. The number of benzene rings is 2. The lowest BCUT2D eigenvalue weighted by molar-refractivity contribution is 0.268. The second-order valence-corrected chi connectivity index (χ2v) is 8.35. The van der Waals surface area contributed by atoms with Crippen molar-refractivity contribution in [1.29, 1.82) is 0 Å². The standard InChI is InChI=1S/C27H25BrN2O2/c1-3-24-23(20(2)28)16-17-30(24)25-14-15-26(31-18-21-10-6-4-7-11-21)29-27(25)32-19-22-12-8-5-9-13-22/h3-15H,1-2,16-19H2. The molecule has 2 aromatic carbocycles. The summed E-state index contributed by atoms with van der Waals surface area (Å²) in [5.41, 5.74) is 5.19. The van der Waals surface area contributed by atoms with Gasteiger partial charge < -0.3 is 14.4 Å². The summed E-state index contributed by atoms with van der Waals surface area (Å²) in [6.45, 7) is 9.72. The molecule has 3 aromatic rings. The lowest BCUT2D eigenvalue weighted by Crippen LogP contribution is -2.19. The second-order valence-electron chi connectivity index (χ2n) is 7.40. The van der Waals surface area contributed by atoms with Crippen molar-refractivity contribution >= 4 is 21.6 Å². The fourth-order valence-corrected chi connectivity index (χ4v) is 4.06. The van der Waals surface area contributed by atoms with E-state index < -0.39 is 0 Å². The SMILES string of the molecule is C=CC1=C(C(=C)Br)CCN1c1ccc(OCc2ccccc2)nc1OCc1ccccc1. The van der Waals surface area contributed by atoms with Gasteiger partial charge in [0.2, 0.25) is 11.8 Å². The van der Waals surface area contributed by atoms with Crippen LogP contribution in [0, 0.1) is 0 Å². The Balaban J connectivity index is 1.62. The molecular weight excluding hydrogens is 464 g/mol. The van der Waals surface area contributed by atoms with E-state index >= 15 is 0 Å². The van der Waals surface area contributed by atoms with Crippen LogP contribution >= 0.6 is 15.9 Å². The van der Waals surface area contributed by atoms with Crippen LogP contribution in [0.15, 0.2) is 108 Å². The van der Waals surface area contributed by atoms with Crippen LogP contribution in [-0.4, -0.2) is 11.5 Å². The summed E-state index contributed by atoms with van der Waals surface area (Å²) < 4.78 is 13.0. The third kappa shape index (κ3) is 5.11. The van der Waals surface area contributed by atoms with Gasteiger partial charge in [-0.2, -0.15) is 4.98 Å². The summed E-state index contributed by atoms with van der Waals surface area (Å²) >= 11 is 3.52. The Bertz CT molecular complexity index is 1130. The number of anilines is 1. The number of allylic oxidation sites excluding steroid dienone is 2. The molecule has 0 amide bonds. The zero-order valence-electron chi connectivity index (χ0n) is 17.8. The Hall–Kier alpha value is -3.31. The highest BCUT2D eigenvalue weighted by Crippen LogP contribution is 2.39. The minimum atomic E-state index is 0.419. The minimum Gasteiger partial charge on any atom is -0.473 e. The summed E-state index contributed by atoms with van der Waals surface area (Å²) in [6.07, 6.45) is 2.73. The highest BCUT2D eigenvalue weighted by Gasteiger charge is 2.26. The molecule has 162 valence electrons. The topological polar surface area (TPSA) is 34.6 Å². The molecular formula is C27H25BrN2O2. The molecule has 0 N–H and O–H groups in total. The highest BCUT2D eigenvalue weighted by molar-refractivity contribution is 9.11. The van der Waals surface area contributed by atoms with E-state index in [0.717, 1.165) is 45.5 Å². The minimum absolute atomic E-state index is 0.419. The maximum Gasteiger partial charge on any atom is 0.241 e. The molecule has 1 aliphatic heterocycles. The molecule has 1 aliphatic rings. The van der Waals surface area contributed by atoms with Crippen LogP contribution in [0.1, 0.15) is 17.5 Å². The van der Waals surface area contributed by atoms with Gasteiger partial charge in [-0.25, -0.2) is 0 Å². The quantitative estimate of drug-likeness (QED) is 0.331. The van der Waals surface area contributed by atoms with E-state index in [2.05, 4.69) is 34.0 Å². The summed E-state index contributed by atoms with van der Waals surface area (Å²) in [4.78, 5) is 6.88. The molecule has 0 bridgehead atoms. The van der Waals surface area contributed by atoms with Gasteiger partial charge in [0, 0.05) is 22.8 Å². The molecule has 0 saturated heterocycles. The second kappa shape index (κ2) is 10.3. The van der Waals surface area contributed by atoms with E-state index in [4.69, 9.17) is 14.5 Å². The molecule has 5 heteroatoms. The number of halogens is 1. The molecule has 0 spiro atoms. The third-order valence-electron chi connectivity index (χ3n) is 5.26. The van der Waals surface area contributed by atoms with Crippen LogP contribution < -0.4 is 14.4 Å². The van der Waals surface area contributed by atoms with Gasteiger partial charge in [0.15, 0.2) is 0 Å². The predicted octanol–water partition coefficient (Wildman–Crippen LogP) is 6.80. The Morgan fingerprint density at radius 1 is 0.938 bits per heavy atom. The average molecular weight is 489 g/mol. The fourth-order valence-electron chi connectivity index (χ4n) is 3.66. The summed E-state index contributed by atoms with van der Waals surface area (Å²) in [7, 11) is 0. The van der Waals surface area contributed by atoms with E-state index in [0.29, 0.717) is 25.0 Å². The molecule has 0 saturated carbocycles. The van der Waals surface area contributed by atoms with Crippen molar-refractivity contribution in [2.24, 2.45) is 0 Å². The van der Waals surface area contributed by atoms with Gasteiger partial charge in [0.25, 0.3) is 0 Å². The molecule has 0 atom stereocenters. The van der Waals surface area contributed by atoms with E-state index in [1.54, 1.807) is 0 Å². The summed E-state index contributed by atoms with van der Waals surface area (Å²) in [6, 6.07) is 24.0. The fraction of sp³-hybridized carbons (Fsp3) is 0.148. The Morgan fingerprint density at radius 3 is 2.16 bits per heavy atom. The third-order valence-corrected chi connectivity index (χ3v) is 5.74. The van der Waals surface area contributed by atoms with E-state index in [-0.39, 0.29) is 0 Å². The maximum absolute atomic E-state index is 6.19. The first-order valence-corrected chi connectivity index (χ1v) is 11.3. The van der Waals surface area contributed by atoms with Crippen molar-refractivity contribution in [2.75, 3.05) is 11.4 Å². The molecule has 0 aliphatic carbocycles. The van der Waals surface area contributed by atoms with Crippen molar-refractivity contribution in [2.45, 2.75) is 19.6 Å². The number of ether oxygens (including phenoxy) is 2. The number of hydrogen-bond acceptors (Lipinski definition) is 4. The number of rotatable bonds is 9. The Kier molecular flexibility index (Phi) is 7.07. The molecule has 1 aromatic heterocycles. The molecule has 0 radical (unpaired) electrons. The van der Waals surface area contributed by atoms with Crippen molar-refractivity contribution in [1.82, 2.24) is 4.98 Å². The first-order chi connectivity index (χ1) is 15.7. The van der Waals surface area contributed by atoms with Crippen molar-refractivity contribution < 1.29 is 9.47 Å². The largest absolute Gasteiger partial charge is 0.473 e. The summed E-state index contributed by atoms with van der Waals surface area (Å²) in [5, 5.41) is 0. The van der Waals surface area contributed by atoms with Crippen LogP contribution in [0.25, 0.3) is 0 Å². The van der Waals surface area contributed by atoms with Gasteiger partial charge in [-0.05, 0) is 35.3 Å². The normalized spacial score (nSPS) is 13.2. The molecule has 0 fully saturated rings. The molecule has 32 heavy (non-hydrogen) atoms. The Morgan fingerprint density at radius 2 is 1.56 bits per heavy atom. The molecule has 0 unspecified atom stereocenters. The molecule has 2 heterocycles. The van der Waals surface area contributed by atoms with Crippen LogP contribution in [0.3, 0.4) is 0 Å². The number of pyridine rings is 1. The monoisotopic (exact) mass is 488 g/mol. The van der Waals surface area contributed by atoms with Crippen molar-refractivity contribution in [3.8, 4) is 11.8 Å². The van der Waals surface area contributed by atoms with Gasteiger partial charge >= 0.3 is 0 Å². The van der Waals surface area contributed by atoms with Crippen LogP contribution in [0.5, 0.6) is 11.8 Å². The molecule has 4 nitrogen and oxygen atoms in total. The van der Waals surface area contributed by atoms with Crippen LogP contribution in [0.4, 0.5) is 5.69 Å². The van der Waals surface area contributed by atoms with Gasteiger partial charge in [0.1, 0.15) is 18.9 Å². The lowest BCUT2D eigenvalue weighted by Gasteiger charge is -2.23. The number of aromatic nitrogens is 1.